The van der Waals surface area contributed by atoms with Crippen molar-refractivity contribution in [2.45, 2.75) is 6.04 Å². The first-order valence-corrected chi connectivity index (χ1v) is 3.49. The topological polar surface area (TPSA) is 55.6 Å². The van der Waals surface area contributed by atoms with E-state index in [1.165, 1.54) is 0 Å². The lowest BCUT2D eigenvalue weighted by molar-refractivity contribution is -0.0125. The molecule has 0 spiro atoms. The molecular weight excluding hydrogens is 132 g/mol. The van der Waals surface area contributed by atoms with E-state index in [-0.39, 0.29) is 12.8 Å². The highest BCUT2D eigenvalue weighted by Gasteiger charge is 2.12. The van der Waals surface area contributed by atoms with E-state index in [0.29, 0.717) is 6.61 Å². The molecule has 1 saturated heterocycles. The summed E-state index contributed by atoms with van der Waals surface area (Å²) in [5.74, 6) is 0. The summed E-state index contributed by atoms with van der Waals surface area (Å²) >= 11 is 0. The maximum Gasteiger partial charge on any atom is 0.143 e. The molecule has 1 aliphatic heterocycles. The molecule has 1 rings (SSSR count). The van der Waals surface area contributed by atoms with Gasteiger partial charge in [-0.15, -0.1) is 0 Å². The van der Waals surface area contributed by atoms with Crippen molar-refractivity contribution in [2.75, 3.05) is 33.0 Å². The minimum Gasteiger partial charge on any atom is -0.371 e. The van der Waals surface area contributed by atoms with Crippen LogP contribution in [0.25, 0.3) is 0 Å². The van der Waals surface area contributed by atoms with E-state index in [9.17, 15) is 0 Å². The molecule has 1 fully saturated rings. The summed E-state index contributed by atoms with van der Waals surface area (Å²) in [6.45, 7) is 3.03. The Kier molecular flexibility index (Phi) is 3.67. The van der Waals surface area contributed by atoms with Crippen LogP contribution < -0.4 is 10.6 Å². The summed E-state index contributed by atoms with van der Waals surface area (Å²) in [6.07, 6.45) is 0. The second kappa shape index (κ2) is 4.62. The van der Waals surface area contributed by atoms with Crippen molar-refractivity contribution in [3.8, 4) is 0 Å². The molecule has 2 N–H and O–H groups in total. The summed E-state index contributed by atoms with van der Waals surface area (Å²) < 4.78 is 4.79. The molecule has 0 amide bonds. The molecule has 0 saturated carbocycles. The molecule has 59 valence electrons. The third kappa shape index (κ3) is 2.62. The Morgan fingerprint density at radius 1 is 1.70 bits per heavy atom. The van der Waals surface area contributed by atoms with Gasteiger partial charge in [0.05, 0.1) is 12.6 Å². The fourth-order valence-corrected chi connectivity index (χ4v) is 0.960. The van der Waals surface area contributed by atoms with Gasteiger partial charge in [0.25, 0.3) is 0 Å². The van der Waals surface area contributed by atoms with Crippen LogP contribution in [-0.2, 0) is 4.74 Å². The molecule has 1 atom stereocenters. The summed E-state index contributed by atoms with van der Waals surface area (Å²) in [7, 11) is 0. The van der Waals surface area contributed by atoms with Gasteiger partial charge in [0.2, 0.25) is 0 Å². The second-order valence-electron chi connectivity index (χ2n) is 2.26. The number of piperazine rings is 1. The molecule has 1 unspecified atom stereocenters. The highest BCUT2D eigenvalue weighted by Crippen LogP contribution is 1.89. The Balaban J connectivity index is 2.02. The van der Waals surface area contributed by atoms with Gasteiger partial charge < -0.3 is 15.2 Å². The molecule has 10 heavy (non-hydrogen) atoms. The quantitative estimate of drug-likeness (QED) is 0.477. The Morgan fingerprint density at radius 3 is 3.20 bits per heavy atom. The van der Waals surface area contributed by atoms with Crippen molar-refractivity contribution in [3.63, 3.8) is 0 Å². The molecule has 0 aromatic carbocycles. The van der Waals surface area contributed by atoms with Crippen molar-refractivity contribution in [2.24, 2.45) is 0 Å². The highest BCUT2D eigenvalue weighted by molar-refractivity contribution is 4.73. The maximum atomic E-state index is 8.31. The zero-order chi connectivity index (χ0) is 7.23. The standard InChI is InChI=1S/C6H13N2O2/c9-5-10-4-6-3-7-1-2-8-6/h6-7,9H,1-5H2. The molecule has 4 heteroatoms. The van der Waals surface area contributed by atoms with Crippen LogP contribution in [-0.4, -0.2) is 44.2 Å². The molecule has 0 bridgehead atoms. The van der Waals surface area contributed by atoms with E-state index in [1.807, 2.05) is 0 Å². The number of rotatable bonds is 3. The molecule has 1 radical (unpaired) electrons. The van der Waals surface area contributed by atoms with Gasteiger partial charge in [0.15, 0.2) is 0 Å². The van der Waals surface area contributed by atoms with Crippen LogP contribution in [0.5, 0.6) is 0 Å². The predicted molar refractivity (Wildman–Crippen MR) is 36.7 cm³/mol. The molecule has 0 aromatic heterocycles. The minimum atomic E-state index is -0.202. The van der Waals surface area contributed by atoms with E-state index in [4.69, 9.17) is 9.84 Å². The van der Waals surface area contributed by atoms with E-state index < -0.39 is 0 Å². The number of hydrogen-bond acceptors (Lipinski definition) is 3. The lowest BCUT2D eigenvalue weighted by Gasteiger charge is -2.21. The van der Waals surface area contributed by atoms with Crippen molar-refractivity contribution >= 4 is 0 Å². The number of hydrogen-bond donors (Lipinski definition) is 2. The Morgan fingerprint density at radius 2 is 2.60 bits per heavy atom. The average Bonchev–Trinajstić information content (AvgIpc) is 2.03. The van der Waals surface area contributed by atoms with Crippen LogP contribution in [0.15, 0.2) is 0 Å². The molecule has 0 aromatic rings. The highest BCUT2D eigenvalue weighted by atomic mass is 16.6. The van der Waals surface area contributed by atoms with Gasteiger partial charge in [-0.3, -0.25) is 0 Å². The van der Waals surface area contributed by atoms with E-state index in [1.54, 1.807) is 0 Å². The normalized spacial score (nSPS) is 26.7. The predicted octanol–water partition coefficient (Wildman–Crippen LogP) is -1.47. The number of nitrogens with one attached hydrogen (secondary N) is 1. The first-order chi connectivity index (χ1) is 4.93. The first-order valence-electron chi connectivity index (χ1n) is 3.49. The largest absolute Gasteiger partial charge is 0.371 e. The fourth-order valence-electron chi connectivity index (χ4n) is 0.960. The van der Waals surface area contributed by atoms with Gasteiger partial charge in [-0.2, -0.15) is 0 Å². The third-order valence-electron chi connectivity index (χ3n) is 1.46. The Hall–Kier alpha value is -0.160. The average molecular weight is 145 g/mol. The SMILES string of the molecule is OCOCC1CNCC[N]1. The monoisotopic (exact) mass is 145 g/mol. The lowest BCUT2D eigenvalue weighted by atomic mass is 10.2. The number of aliphatic hydroxyl groups is 1. The summed E-state index contributed by atoms with van der Waals surface area (Å²) in [5, 5.41) is 15.8. The van der Waals surface area contributed by atoms with Crippen molar-refractivity contribution in [1.82, 2.24) is 10.6 Å². The lowest BCUT2D eigenvalue weighted by Crippen LogP contribution is -2.46. The molecule has 4 nitrogen and oxygen atoms in total. The summed E-state index contributed by atoms with van der Waals surface area (Å²) in [5.41, 5.74) is 0. The third-order valence-corrected chi connectivity index (χ3v) is 1.46. The van der Waals surface area contributed by atoms with Crippen molar-refractivity contribution in [1.29, 1.82) is 0 Å². The summed E-state index contributed by atoms with van der Waals surface area (Å²) in [6, 6.07) is 0.237. The van der Waals surface area contributed by atoms with Crippen LogP contribution in [0.2, 0.25) is 0 Å². The van der Waals surface area contributed by atoms with E-state index in [0.717, 1.165) is 19.6 Å². The zero-order valence-corrected chi connectivity index (χ0v) is 5.92. The second-order valence-corrected chi connectivity index (χ2v) is 2.26. The van der Waals surface area contributed by atoms with Gasteiger partial charge in [0, 0.05) is 19.6 Å². The number of nitrogens with zero attached hydrogens (tertiary/aromatic N) is 1. The first kappa shape index (κ1) is 7.94. The number of aliphatic hydroxyl groups excluding tert-OH is 1. The Bertz CT molecular complexity index is 83.8. The smallest absolute Gasteiger partial charge is 0.143 e. The van der Waals surface area contributed by atoms with Gasteiger partial charge >= 0.3 is 0 Å². The summed E-state index contributed by atoms with van der Waals surface area (Å²) in [4.78, 5) is 0. The van der Waals surface area contributed by atoms with Crippen molar-refractivity contribution in [3.05, 3.63) is 0 Å². The molecular formula is C6H13N2O2. The van der Waals surface area contributed by atoms with Crippen LogP contribution in [0.4, 0.5) is 0 Å². The van der Waals surface area contributed by atoms with Crippen LogP contribution in [0.1, 0.15) is 0 Å². The van der Waals surface area contributed by atoms with E-state index in [2.05, 4.69) is 10.6 Å². The van der Waals surface area contributed by atoms with Crippen LogP contribution >= 0.6 is 0 Å². The number of ether oxygens (including phenoxy) is 1. The fraction of sp³-hybridized carbons (Fsp3) is 1.00. The van der Waals surface area contributed by atoms with Crippen molar-refractivity contribution < 1.29 is 9.84 Å². The van der Waals surface area contributed by atoms with Crippen LogP contribution in [0.3, 0.4) is 0 Å². The Labute approximate surface area is 60.6 Å². The molecule has 1 aliphatic rings. The molecule has 0 aliphatic carbocycles. The van der Waals surface area contributed by atoms with Gasteiger partial charge in [-0.1, -0.05) is 0 Å². The van der Waals surface area contributed by atoms with E-state index >= 15 is 0 Å². The van der Waals surface area contributed by atoms with Gasteiger partial charge in [0.1, 0.15) is 6.79 Å². The minimum absolute atomic E-state index is 0.202. The van der Waals surface area contributed by atoms with Crippen LogP contribution in [0, 0.1) is 0 Å². The van der Waals surface area contributed by atoms with Gasteiger partial charge in [-0.25, -0.2) is 5.32 Å². The zero-order valence-electron chi connectivity index (χ0n) is 5.92. The maximum absolute atomic E-state index is 8.31. The van der Waals surface area contributed by atoms with Gasteiger partial charge in [-0.05, 0) is 0 Å². The molecule has 1 heterocycles.